The van der Waals surface area contributed by atoms with Gasteiger partial charge in [0.05, 0.1) is 6.10 Å². The average Bonchev–Trinajstić information content (AvgIpc) is 2.28. The highest BCUT2D eigenvalue weighted by atomic mass is 16.3. The van der Waals surface area contributed by atoms with Crippen molar-refractivity contribution >= 4 is 0 Å². The fourth-order valence-electron chi connectivity index (χ4n) is 2.68. The third kappa shape index (κ3) is 4.19. The Balaban J connectivity index is 2.20. The zero-order valence-electron chi connectivity index (χ0n) is 12.6. The van der Waals surface area contributed by atoms with Crippen LogP contribution < -0.4 is 5.32 Å². The summed E-state index contributed by atoms with van der Waals surface area (Å²) < 4.78 is 0. The van der Waals surface area contributed by atoms with Crippen molar-refractivity contribution in [1.29, 1.82) is 0 Å². The van der Waals surface area contributed by atoms with E-state index in [1.807, 2.05) is 0 Å². The maximum Gasteiger partial charge on any atom is 0.0791 e. The van der Waals surface area contributed by atoms with Gasteiger partial charge >= 0.3 is 0 Å². The minimum atomic E-state index is -0.260. The number of likely N-dealkylation sites (N-methyl/N-ethyl adjacent to an activating group) is 2. The van der Waals surface area contributed by atoms with E-state index in [0.717, 1.165) is 26.2 Å². The van der Waals surface area contributed by atoms with Crippen LogP contribution in [0.4, 0.5) is 0 Å². The van der Waals surface area contributed by atoms with Gasteiger partial charge in [0, 0.05) is 25.2 Å². The summed E-state index contributed by atoms with van der Waals surface area (Å²) in [6.07, 6.45) is 3.63. The molecule has 1 saturated carbocycles. The molecule has 0 aromatic heterocycles. The molecule has 4 nitrogen and oxygen atoms in total. The highest BCUT2D eigenvalue weighted by Gasteiger charge is 2.38. The van der Waals surface area contributed by atoms with Crippen LogP contribution in [0.1, 0.15) is 33.1 Å². The van der Waals surface area contributed by atoms with Gasteiger partial charge in [0.25, 0.3) is 0 Å². The van der Waals surface area contributed by atoms with E-state index >= 15 is 0 Å². The molecule has 1 fully saturated rings. The van der Waals surface area contributed by atoms with E-state index in [4.69, 9.17) is 0 Å². The van der Waals surface area contributed by atoms with E-state index in [-0.39, 0.29) is 6.10 Å². The molecule has 0 bridgehead atoms. The van der Waals surface area contributed by atoms with E-state index < -0.39 is 0 Å². The van der Waals surface area contributed by atoms with Crippen molar-refractivity contribution in [3.05, 3.63) is 0 Å². The molecule has 18 heavy (non-hydrogen) atoms. The number of hydrogen-bond acceptors (Lipinski definition) is 4. The first-order valence-electron chi connectivity index (χ1n) is 7.32. The Labute approximate surface area is 112 Å². The molecule has 1 aliphatic rings. The molecular formula is C14H31N3O. The van der Waals surface area contributed by atoms with Crippen molar-refractivity contribution in [1.82, 2.24) is 15.1 Å². The van der Waals surface area contributed by atoms with E-state index in [9.17, 15) is 5.11 Å². The van der Waals surface area contributed by atoms with Crippen molar-refractivity contribution in [3.63, 3.8) is 0 Å². The van der Waals surface area contributed by atoms with E-state index in [1.165, 1.54) is 19.3 Å². The first kappa shape index (κ1) is 15.9. The predicted octanol–water partition coefficient (Wildman–Crippen LogP) is 0.763. The first-order chi connectivity index (χ1) is 8.54. The summed E-state index contributed by atoms with van der Waals surface area (Å²) in [5.41, 5.74) is 0.342. The van der Waals surface area contributed by atoms with Gasteiger partial charge in [0.15, 0.2) is 0 Å². The molecule has 0 aliphatic heterocycles. The lowest BCUT2D eigenvalue weighted by atomic mass is 9.75. The highest BCUT2D eigenvalue weighted by Crippen LogP contribution is 2.35. The summed E-state index contributed by atoms with van der Waals surface area (Å²) in [7, 11) is 4.32. The SMILES string of the molecule is CCN(CC)CC(O)CNCC1(N(C)C)CCC1. The molecule has 0 aromatic carbocycles. The van der Waals surface area contributed by atoms with Crippen molar-refractivity contribution in [2.75, 3.05) is 46.8 Å². The molecule has 0 spiro atoms. The van der Waals surface area contributed by atoms with Crippen LogP contribution in [0.5, 0.6) is 0 Å². The Morgan fingerprint density at radius 3 is 2.22 bits per heavy atom. The molecule has 0 saturated heterocycles. The van der Waals surface area contributed by atoms with Crippen LogP contribution in [-0.2, 0) is 0 Å². The summed E-state index contributed by atoms with van der Waals surface area (Å²) in [5.74, 6) is 0. The van der Waals surface area contributed by atoms with Crippen LogP contribution >= 0.6 is 0 Å². The molecule has 1 aliphatic carbocycles. The smallest absolute Gasteiger partial charge is 0.0791 e. The van der Waals surface area contributed by atoms with Crippen molar-refractivity contribution in [2.24, 2.45) is 0 Å². The zero-order valence-corrected chi connectivity index (χ0v) is 12.6. The van der Waals surface area contributed by atoms with Crippen molar-refractivity contribution < 1.29 is 5.11 Å². The molecule has 1 atom stereocenters. The third-order valence-electron chi connectivity index (χ3n) is 4.43. The van der Waals surface area contributed by atoms with Gasteiger partial charge in [-0.1, -0.05) is 13.8 Å². The second-order valence-corrected chi connectivity index (χ2v) is 5.74. The summed E-state index contributed by atoms with van der Waals surface area (Å²) in [5, 5.41) is 13.4. The number of hydrogen-bond donors (Lipinski definition) is 2. The van der Waals surface area contributed by atoms with Crippen molar-refractivity contribution in [3.8, 4) is 0 Å². The molecule has 0 radical (unpaired) electrons. The highest BCUT2D eigenvalue weighted by molar-refractivity contribution is 4.97. The van der Waals surface area contributed by atoms with Gasteiger partial charge in [-0.3, -0.25) is 0 Å². The van der Waals surface area contributed by atoms with E-state index in [0.29, 0.717) is 12.1 Å². The molecule has 108 valence electrons. The summed E-state index contributed by atoms with van der Waals surface area (Å²) in [4.78, 5) is 4.59. The Kier molecular flexibility index (Phi) is 6.57. The minimum absolute atomic E-state index is 0.260. The Bertz CT molecular complexity index is 225. The van der Waals surface area contributed by atoms with Crippen molar-refractivity contribution in [2.45, 2.75) is 44.8 Å². The summed E-state index contributed by atoms with van der Waals surface area (Å²) in [6.45, 7) is 8.76. The largest absolute Gasteiger partial charge is 0.390 e. The van der Waals surface area contributed by atoms with Crippen LogP contribution in [0.2, 0.25) is 0 Å². The average molecular weight is 257 g/mol. The number of nitrogens with one attached hydrogen (secondary N) is 1. The monoisotopic (exact) mass is 257 g/mol. The van der Waals surface area contributed by atoms with Crippen LogP contribution in [0.25, 0.3) is 0 Å². The van der Waals surface area contributed by atoms with E-state index in [2.05, 4.69) is 43.1 Å². The first-order valence-corrected chi connectivity index (χ1v) is 7.32. The maximum atomic E-state index is 9.99. The molecule has 0 amide bonds. The van der Waals surface area contributed by atoms with Gasteiger partial charge in [0.2, 0.25) is 0 Å². The van der Waals surface area contributed by atoms with E-state index in [1.54, 1.807) is 0 Å². The second kappa shape index (κ2) is 7.43. The van der Waals surface area contributed by atoms with Crippen LogP contribution in [0.15, 0.2) is 0 Å². The number of aliphatic hydroxyl groups is 1. The molecule has 0 heterocycles. The Morgan fingerprint density at radius 2 is 1.83 bits per heavy atom. The van der Waals surface area contributed by atoms with Gasteiger partial charge in [-0.15, -0.1) is 0 Å². The number of aliphatic hydroxyl groups excluding tert-OH is 1. The quantitative estimate of drug-likeness (QED) is 0.640. The Hall–Kier alpha value is -0.160. The lowest BCUT2D eigenvalue weighted by Crippen LogP contribution is -2.57. The standard InChI is InChI=1S/C14H31N3O/c1-5-17(6-2)11-13(18)10-15-12-14(16(3)4)8-7-9-14/h13,15,18H,5-12H2,1-4H3. The van der Waals surface area contributed by atoms with Gasteiger partial charge in [-0.25, -0.2) is 0 Å². The molecule has 2 N–H and O–H groups in total. The lowest BCUT2D eigenvalue weighted by Gasteiger charge is -2.47. The molecular weight excluding hydrogens is 226 g/mol. The van der Waals surface area contributed by atoms with Gasteiger partial charge < -0.3 is 20.2 Å². The maximum absolute atomic E-state index is 9.99. The molecule has 1 unspecified atom stereocenters. The second-order valence-electron chi connectivity index (χ2n) is 5.74. The number of nitrogens with zero attached hydrogens (tertiary/aromatic N) is 2. The predicted molar refractivity (Wildman–Crippen MR) is 76.9 cm³/mol. The lowest BCUT2D eigenvalue weighted by molar-refractivity contribution is 0.0526. The molecule has 0 aromatic rings. The fourth-order valence-corrected chi connectivity index (χ4v) is 2.68. The summed E-state index contributed by atoms with van der Waals surface area (Å²) in [6, 6.07) is 0. The normalized spacial score (nSPS) is 20.2. The third-order valence-corrected chi connectivity index (χ3v) is 4.43. The van der Waals surface area contributed by atoms with Crippen LogP contribution in [-0.4, -0.2) is 73.4 Å². The minimum Gasteiger partial charge on any atom is -0.390 e. The van der Waals surface area contributed by atoms with Gasteiger partial charge in [0.1, 0.15) is 0 Å². The van der Waals surface area contributed by atoms with Gasteiger partial charge in [-0.05, 0) is 46.4 Å². The van der Waals surface area contributed by atoms with Crippen LogP contribution in [0, 0.1) is 0 Å². The molecule has 1 rings (SSSR count). The van der Waals surface area contributed by atoms with Gasteiger partial charge in [-0.2, -0.15) is 0 Å². The molecule has 4 heteroatoms. The fraction of sp³-hybridized carbons (Fsp3) is 1.00. The zero-order chi connectivity index (χ0) is 13.6. The topological polar surface area (TPSA) is 38.7 Å². The van der Waals surface area contributed by atoms with Crippen LogP contribution in [0.3, 0.4) is 0 Å². The summed E-state index contributed by atoms with van der Waals surface area (Å²) >= 11 is 0. The Morgan fingerprint density at radius 1 is 1.22 bits per heavy atom. The number of rotatable bonds is 9.